The number of ether oxygens (including phenoxy) is 1. The van der Waals surface area contributed by atoms with Crippen LogP contribution in [0.3, 0.4) is 0 Å². The predicted octanol–water partition coefficient (Wildman–Crippen LogP) is 0.629. The fourth-order valence-corrected chi connectivity index (χ4v) is 2.08. The summed E-state index contributed by atoms with van der Waals surface area (Å²) >= 11 is 0. The zero-order valence-electron chi connectivity index (χ0n) is 9.18. The summed E-state index contributed by atoms with van der Waals surface area (Å²) in [4.78, 5) is 8.92. The molecule has 84 valence electrons. The third kappa shape index (κ3) is 1.48. The van der Waals surface area contributed by atoms with Gasteiger partial charge in [0.05, 0.1) is 19.3 Å². The Morgan fingerprint density at radius 1 is 1.56 bits per heavy atom. The maximum absolute atomic E-state index is 5.45. The highest BCUT2D eigenvalue weighted by molar-refractivity contribution is 5.71. The quantitative estimate of drug-likeness (QED) is 0.762. The van der Waals surface area contributed by atoms with E-state index in [9.17, 15) is 0 Å². The van der Waals surface area contributed by atoms with Crippen molar-refractivity contribution in [1.29, 1.82) is 0 Å². The molecule has 0 radical (unpaired) electrons. The summed E-state index contributed by atoms with van der Waals surface area (Å²) in [6, 6.07) is 4.06. The molecule has 0 aromatic carbocycles. The molecule has 1 N–H and O–H groups in total. The molecule has 1 saturated heterocycles. The molecule has 1 atom stereocenters. The fourth-order valence-electron chi connectivity index (χ4n) is 2.08. The van der Waals surface area contributed by atoms with Gasteiger partial charge in [0.2, 0.25) is 0 Å². The summed E-state index contributed by atoms with van der Waals surface area (Å²) in [6.45, 7) is 2.33. The minimum absolute atomic E-state index is 0.174. The molecular weight excluding hydrogens is 204 g/mol. The Morgan fingerprint density at radius 2 is 2.50 bits per heavy atom. The van der Waals surface area contributed by atoms with Crippen LogP contribution in [0.2, 0.25) is 0 Å². The predicted molar refractivity (Wildman–Crippen MR) is 60.1 cm³/mol. The highest BCUT2D eigenvalue weighted by Gasteiger charge is 2.21. The van der Waals surface area contributed by atoms with Crippen LogP contribution in [-0.2, 0) is 11.8 Å². The number of hydrogen-bond acceptors (Lipinski definition) is 4. The molecule has 1 aliphatic rings. The van der Waals surface area contributed by atoms with Crippen LogP contribution in [0.5, 0.6) is 0 Å². The molecule has 0 aliphatic carbocycles. The van der Waals surface area contributed by atoms with Crippen LogP contribution >= 0.6 is 0 Å². The van der Waals surface area contributed by atoms with E-state index < -0.39 is 0 Å². The number of rotatable bonds is 1. The highest BCUT2D eigenvalue weighted by Crippen LogP contribution is 2.19. The van der Waals surface area contributed by atoms with E-state index in [4.69, 9.17) is 4.74 Å². The Hall–Kier alpha value is -1.46. The molecule has 0 amide bonds. The van der Waals surface area contributed by atoms with Gasteiger partial charge in [0.25, 0.3) is 0 Å². The second-order valence-corrected chi connectivity index (χ2v) is 3.96. The Labute approximate surface area is 93.5 Å². The van der Waals surface area contributed by atoms with Crippen LogP contribution in [0.4, 0.5) is 0 Å². The highest BCUT2D eigenvalue weighted by atomic mass is 16.5. The Morgan fingerprint density at radius 3 is 3.25 bits per heavy atom. The van der Waals surface area contributed by atoms with Crippen LogP contribution in [0.1, 0.15) is 11.9 Å². The first kappa shape index (κ1) is 9.74. The largest absolute Gasteiger partial charge is 0.378 e. The molecule has 0 spiro atoms. The van der Waals surface area contributed by atoms with Gasteiger partial charge in [-0.3, -0.25) is 0 Å². The molecule has 16 heavy (non-hydrogen) atoms. The van der Waals surface area contributed by atoms with Crippen molar-refractivity contribution in [2.24, 2.45) is 7.05 Å². The fraction of sp³-hybridized carbons (Fsp3) is 0.455. The molecule has 2 aromatic heterocycles. The first-order chi connectivity index (χ1) is 7.86. The van der Waals surface area contributed by atoms with Crippen molar-refractivity contribution in [3.05, 3.63) is 24.2 Å². The summed E-state index contributed by atoms with van der Waals surface area (Å²) in [5.41, 5.74) is 1.86. The Kier molecular flexibility index (Phi) is 2.34. The van der Waals surface area contributed by atoms with Gasteiger partial charge in [0, 0.05) is 19.8 Å². The molecule has 3 heterocycles. The number of nitrogens with one attached hydrogen (secondary N) is 1. The maximum atomic E-state index is 5.45. The molecule has 5 heteroatoms. The van der Waals surface area contributed by atoms with Crippen LogP contribution in [-0.4, -0.2) is 34.3 Å². The van der Waals surface area contributed by atoms with Crippen LogP contribution in [0.15, 0.2) is 18.3 Å². The minimum atomic E-state index is 0.174. The van der Waals surface area contributed by atoms with Gasteiger partial charge in [-0.05, 0) is 12.1 Å². The van der Waals surface area contributed by atoms with E-state index in [1.165, 1.54) is 0 Å². The molecule has 0 saturated carbocycles. The number of morpholine rings is 1. The molecule has 2 aromatic rings. The second kappa shape index (κ2) is 3.84. The lowest BCUT2D eigenvalue weighted by molar-refractivity contribution is 0.0735. The van der Waals surface area contributed by atoms with E-state index in [0.29, 0.717) is 6.61 Å². The first-order valence-corrected chi connectivity index (χ1v) is 5.45. The van der Waals surface area contributed by atoms with Crippen molar-refractivity contribution >= 4 is 11.2 Å². The smallest absolute Gasteiger partial charge is 0.159 e. The number of aryl methyl sites for hydroxylation is 1. The lowest BCUT2D eigenvalue weighted by Crippen LogP contribution is -2.36. The monoisotopic (exact) mass is 218 g/mol. The van der Waals surface area contributed by atoms with E-state index >= 15 is 0 Å². The number of hydrogen-bond donors (Lipinski definition) is 1. The van der Waals surface area contributed by atoms with Gasteiger partial charge in [-0.15, -0.1) is 0 Å². The summed E-state index contributed by atoms with van der Waals surface area (Å²) < 4.78 is 7.48. The number of pyridine rings is 1. The third-order valence-electron chi connectivity index (χ3n) is 2.90. The van der Waals surface area contributed by atoms with Crippen molar-refractivity contribution in [3.8, 4) is 0 Å². The lowest BCUT2D eigenvalue weighted by atomic mass is 10.2. The van der Waals surface area contributed by atoms with E-state index in [0.717, 1.165) is 30.1 Å². The molecule has 1 unspecified atom stereocenters. The normalized spacial score (nSPS) is 21.4. The molecule has 1 aliphatic heterocycles. The summed E-state index contributed by atoms with van der Waals surface area (Å²) in [5, 5.41) is 3.40. The molecule has 0 bridgehead atoms. The second-order valence-electron chi connectivity index (χ2n) is 3.96. The molecule has 3 rings (SSSR count). The number of fused-ring (bicyclic) bond motifs is 1. The summed E-state index contributed by atoms with van der Waals surface area (Å²) in [6.07, 6.45) is 1.79. The first-order valence-electron chi connectivity index (χ1n) is 5.45. The average Bonchev–Trinajstić information content (AvgIpc) is 2.69. The minimum Gasteiger partial charge on any atom is -0.378 e. The topological polar surface area (TPSA) is 52.0 Å². The van der Waals surface area contributed by atoms with Crippen LogP contribution in [0.25, 0.3) is 11.2 Å². The van der Waals surface area contributed by atoms with Crippen molar-refractivity contribution in [3.63, 3.8) is 0 Å². The van der Waals surface area contributed by atoms with Gasteiger partial charge in [-0.25, -0.2) is 9.97 Å². The zero-order valence-corrected chi connectivity index (χ0v) is 9.18. The number of imidazole rings is 1. The van der Waals surface area contributed by atoms with Crippen molar-refractivity contribution < 1.29 is 4.74 Å². The molecule has 1 fully saturated rings. The summed E-state index contributed by atoms with van der Waals surface area (Å²) in [7, 11) is 1.99. The Balaban J connectivity index is 2.05. The molecular formula is C11H14N4O. The van der Waals surface area contributed by atoms with E-state index in [2.05, 4.69) is 15.3 Å². The van der Waals surface area contributed by atoms with Gasteiger partial charge < -0.3 is 14.6 Å². The average molecular weight is 218 g/mol. The SMILES string of the molecule is Cn1c(C2COCCN2)nc2cccnc21. The maximum Gasteiger partial charge on any atom is 0.159 e. The number of nitrogens with zero attached hydrogens (tertiary/aromatic N) is 3. The van der Waals surface area contributed by atoms with Gasteiger partial charge >= 0.3 is 0 Å². The van der Waals surface area contributed by atoms with Crippen molar-refractivity contribution in [2.45, 2.75) is 6.04 Å². The number of aromatic nitrogens is 3. The lowest BCUT2D eigenvalue weighted by Gasteiger charge is -2.23. The van der Waals surface area contributed by atoms with Gasteiger partial charge in [-0.1, -0.05) is 0 Å². The standard InChI is InChI=1S/C11H14N4O/c1-15-10-8(3-2-4-13-10)14-11(15)9-7-16-6-5-12-9/h2-4,9,12H,5-7H2,1H3. The van der Waals surface area contributed by atoms with Crippen LogP contribution in [0, 0.1) is 0 Å². The molecule has 5 nitrogen and oxygen atoms in total. The zero-order chi connectivity index (χ0) is 11.0. The van der Waals surface area contributed by atoms with Crippen molar-refractivity contribution in [2.75, 3.05) is 19.8 Å². The van der Waals surface area contributed by atoms with E-state index in [1.54, 1.807) is 6.20 Å². The summed E-state index contributed by atoms with van der Waals surface area (Å²) in [5.74, 6) is 0.994. The van der Waals surface area contributed by atoms with E-state index in [1.807, 2.05) is 23.7 Å². The van der Waals surface area contributed by atoms with Gasteiger partial charge in [0.1, 0.15) is 11.3 Å². The van der Waals surface area contributed by atoms with Gasteiger partial charge in [0.15, 0.2) is 5.65 Å². The third-order valence-corrected chi connectivity index (χ3v) is 2.90. The van der Waals surface area contributed by atoms with E-state index in [-0.39, 0.29) is 6.04 Å². The van der Waals surface area contributed by atoms with Crippen molar-refractivity contribution in [1.82, 2.24) is 19.9 Å². The van der Waals surface area contributed by atoms with Gasteiger partial charge in [-0.2, -0.15) is 0 Å². The Bertz CT molecular complexity index is 502. The van der Waals surface area contributed by atoms with Crippen LogP contribution < -0.4 is 5.32 Å².